The van der Waals surface area contributed by atoms with Gasteiger partial charge < -0.3 is 4.42 Å². The van der Waals surface area contributed by atoms with Crippen molar-refractivity contribution in [2.45, 2.75) is 11.8 Å². The lowest BCUT2D eigenvalue weighted by Crippen LogP contribution is -2.30. The zero-order valence-electron chi connectivity index (χ0n) is 12.8. The lowest BCUT2D eigenvalue weighted by atomic mass is 10.3. The van der Waals surface area contributed by atoms with Gasteiger partial charge in [-0.1, -0.05) is 18.2 Å². The van der Waals surface area contributed by atoms with E-state index in [4.69, 9.17) is 4.42 Å². The molecule has 0 bridgehead atoms. The average molecular weight is 332 g/mol. The van der Waals surface area contributed by atoms with E-state index in [1.807, 2.05) is 6.07 Å². The number of hydrogen-bond donors (Lipinski definition) is 0. The number of aromatic nitrogens is 1. The topological polar surface area (TPSA) is 72.5 Å². The molecule has 0 amide bonds. The summed E-state index contributed by atoms with van der Waals surface area (Å²) >= 11 is 0. The van der Waals surface area contributed by atoms with Crippen molar-refractivity contribution in [3.8, 4) is 0 Å². The van der Waals surface area contributed by atoms with Crippen LogP contribution in [0.3, 0.4) is 0 Å². The van der Waals surface area contributed by atoms with Gasteiger partial charge in [0.15, 0.2) is 5.58 Å². The van der Waals surface area contributed by atoms with Gasteiger partial charge >= 0.3 is 5.76 Å². The van der Waals surface area contributed by atoms with E-state index in [9.17, 15) is 13.2 Å². The van der Waals surface area contributed by atoms with Gasteiger partial charge in [0.25, 0.3) is 10.0 Å². The Morgan fingerprint density at radius 1 is 1.13 bits per heavy atom. The van der Waals surface area contributed by atoms with Crippen LogP contribution in [-0.2, 0) is 17.1 Å². The Balaban J connectivity index is 2.13. The summed E-state index contributed by atoms with van der Waals surface area (Å²) in [6.45, 7) is 2.06. The van der Waals surface area contributed by atoms with Gasteiger partial charge in [-0.15, -0.1) is 0 Å². The van der Waals surface area contributed by atoms with E-state index >= 15 is 0 Å². The highest BCUT2D eigenvalue weighted by Gasteiger charge is 2.24. The van der Waals surface area contributed by atoms with Crippen molar-refractivity contribution < 1.29 is 12.8 Å². The summed E-state index contributed by atoms with van der Waals surface area (Å²) in [5.41, 5.74) is 1.39. The SMILES string of the molecule is CCN(c1ccccc1)S(=O)(=O)c1ccc2c(c1)oc(=O)n2C. The Bertz CT molecular complexity index is 1000. The molecule has 0 saturated carbocycles. The lowest BCUT2D eigenvalue weighted by molar-refractivity contribution is 0.527. The Morgan fingerprint density at radius 2 is 1.83 bits per heavy atom. The van der Waals surface area contributed by atoms with Gasteiger partial charge in [0.05, 0.1) is 16.1 Å². The second-order valence-electron chi connectivity index (χ2n) is 5.06. The molecule has 0 fully saturated rings. The van der Waals surface area contributed by atoms with Crippen molar-refractivity contribution in [2.24, 2.45) is 7.05 Å². The van der Waals surface area contributed by atoms with Gasteiger partial charge in [0, 0.05) is 19.7 Å². The predicted molar refractivity (Wildman–Crippen MR) is 88.1 cm³/mol. The smallest absolute Gasteiger partial charge is 0.408 e. The summed E-state index contributed by atoms with van der Waals surface area (Å²) in [6, 6.07) is 13.3. The molecule has 2 aromatic carbocycles. The minimum absolute atomic E-state index is 0.0880. The molecule has 0 radical (unpaired) electrons. The molecule has 6 nitrogen and oxygen atoms in total. The molecule has 0 N–H and O–H groups in total. The summed E-state index contributed by atoms with van der Waals surface area (Å²) in [7, 11) is -2.16. The van der Waals surface area contributed by atoms with Crippen LogP contribution in [0.15, 0.2) is 62.6 Å². The van der Waals surface area contributed by atoms with Crippen LogP contribution in [0.1, 0.15) is 6.92 Å². The van der Waals surface area contributed by atoms with Gasteiger partial charge in [0.2, 0.25) is 0 Å². The monoisotopic (exact) mass is 332 g/mol. The Morgan fingerprint density at radius 3 is 2.48 bits per heavy atom. The molecule has 0 aliphatic carbocycles. The van der Waals surface area contributed by atoms with Crippen LogP contribution in [0.2, 0.25) is 0 Å². The van der Waals surface area contributed by atoms with E-state index in [-0.39, 0.29) is 10.5 Å². The minimum Gasteiger partial charge on any atom is -0.408 e. The number of fused-ring (bicyclic) bond motifs is 1. The molecule has 1 aromatic heterocycles. The zero-order valence-corrected chi connectivity index (χ0v) is 13.6. The van der Waals surface area contributed by atoms with Gasteiger partial charge in [-0.2, -0.15) is 0 Å². The number of rotatable bonds is 4. The number of anilines is 1. The fourth-order valence-corrected chi connectivity index (χ4v) is 3.98. The predicted octanol–water partition coefficient (Wildman–Crippen LogP) is 2.35. The molecular formula is C16H16N2O4S. The summed E-state index contributed by atoms with van der Waals surface area (Å²) < 4.78 is 33.5. The van der Waals surface area contributed by atoms with E-state index in [1.165, 1.54) is 21.0 Å². The van der Waals surface area contributed by atoms with Gasteiger partial charge in [-0.05, 0) is 31.2 Å². The molecule has 0 aliphatic heterocycles. The fraction of sp³-hybridized carbons (Fsp3) is 0.188. The van der Waals surface area contributed by atoms with Crippen molar-refractivity contribution in [3.63, 3.8) is 0 Å². The van der Waals surface area contributed by atoms with Crippen molar-refractivity contribution in [1.29, 1.82) is 0 Å². The molecule has 0 saturated heterocycles. The minimum atomic E-state index is -3.74. The Hall–Kier alpha value is -2.54. The van der Waals surface area contributed by atoms with Crippen LogP contribution in [0.25, 0.3) is 11.1 Å². The van der Waals surface area contributed by atoms with Crippen LogP contribution < -0.4 is 10.1 Å². The van der Waals surface area contributed by atoms with Gasteiger partial charge in [-0.3, -0.25) is 8.87 Å². The van der Waals surface area contributed by atoms with Crippen molar-refractivity contribution in [3.05, 3.63) is 59.1 Å². The second-order valence-corrected chi connectivity index (χ2v) is 6.92. The van der Waals surface area contributed by atoms with Crippen LogP contribution in [0, 0.1) is 0 Å². The fourth-order valence-electron chi connectivity index (χ4n) is 2.49. The van der Waals surface area contributed by atoms with Crippen molar-refractivity contribution in [2.75, 3.05) is 10.8 Å². The lowest BCUT2D eigenvalue weighted by Gasteiger charge is -2.22. The first-order chi connectivity index (χ1) is 10.9. The number of hydrogen-bond acceptors (Lipinski definition) is 4. The molecule has 3 aromatic rings. The number of aryl methyl sites for hydroxylation is 1. The van der Waals surface area contributed by atoms with E-state index < -0.39 is 15.8 Å². The maximum Gasteiger partial charge on any atom is 0.419 e. The highest BCUT2D eigenvalue weighted by molar-refractivity contribution is 7.92. The van der Waals surface area contributed by atoms with Crippen LogP contribution in [0.5, 0.6) is 0 Å². The molecule has 7 heteroatoms. The third-order valence-corrected chi connectivity index (χ3v) is 5.58. The summed E-state index contributed by atoms with van der Waals surface area (Å²) in [5.74, 6) is -0.523. The molecule has 0 aliphatic rings. The first-order valence-corrected chi connectivity index (χ1v) is 8.56. The van der Waals surface area contributed by atoms with E-state index in [1.54, 1.807) is 44.3 Å². The zero-order chi connectivity index (χ0) is 16.6. The van der Waals surface area contributed by atoms with Crippen molar-refractivity contribution in [1.82, 2.24) is 4.57 Å². The maximum atomic E-state index is 12.9. The third kappa shape index (κ3) is 2.53. The number of sulfonamides is 1. The summed E-state index contributed by atoms with van der Waals surface area (Å²) in [5, 5.41) is 0. The van der Waals surface area contributed by atoms with Gasteiger partial charge in [0.1, 0.15) is 0 Å². The van der Waals surface area contributed by atoms with E-state index in [0.29, 0.717) is 17.7 Å². The maximum absolute atomic E-state index is 12.9. The number of nitrogens with zero attached hydrogens (tertiary/aromatic N) is 2. The Kier molecular flexibility index (Phi) is 3.73. The molecule has 0 unspecified atom stereocenters. The third-order valence-electron chi connectivity index (χ3n) is 3.68. The second kappa shape index (κ2) is 5.58. The standard InChI is InChI=1S/C16H16N2O4S/c1-3-18(12-7-5-4-6-8-12)23(20,21)13-9-10-14-15(11-13)22-16(19)17(14)2/h4-11H,3H2,1-2H3. The highest BCUT2D eigenvalue weighted by atomic mass is 32.2. The first-order valence-electron chi connectivity index (χ1n) is 7.12. The van der Waals surface area contributed by atoms with Gasteiger partial charge in [-0.25, -0.2) is 13.2 Å². The quantitative estimate of drug-likeness (QED) is 0.735. The number of para-hydroxylation sites is 1. The molecule has 120 valence electrons. The summed E-state index contributed by atoms with van der Waals surface area (Å²) in [6.07, 6.45) is 0. The van der Waals surface area contributed by atoms with E-state index in [2.05, 4.69) is 0 Å². The molecule has 1 heterocycles. The molecule has 0 spiro atoms. The number of benzene rings is 2. The van der Waals surface area contributed by atoms with Crippen LogP contribution in [0.4, 0.5) is 5.69 Å². The average Bonchev–Trinajstić information content (AvgIpc) is 2.83. The summed E-state index contributed by atoms with van der Waals surface area (Å²) in [4.78, 5) is 11.6. The van der Waals surface area contributed by atoms with E-state index in [0.717, 1.165) is 0 Å². The normalized spacial score (nSPS) is 11.7. The number of oxazole rings is 1. The first kappa shape index (κ1) is 15.4. The van der Waals surface area contributed by atoms with Crippen molar-refractivity contribution >= 4 is 26.8 Å². The highest BCUT2D eigenvalue weighted by Crippen LogP contribution is 2.25. The molecular weight excluding hydrogens is 316 g/mol. The Labute approximate surface area is 133 Å². The van der Waals surface area contributed by atoms with Crippen LogP contribution in [-0.4, -0.2) is 19.5 Å². The van der Waals surface area contributed by atoms with Crippen LogP contribution >= 0.6 is 0 Å². The molecule has 23 heavy (non-hydrogen) atoms. The largest absolute Gasteiger partial charge is 0.419 e. The molecule has 3 rings (SSSR count). The molecule has 0 atom stereocenters.